The van der Waals surface area contributed by atoms with Crippen molar-refractivity contribution in [1.29, 1.82) is 0 Å². The molecule has 1 aliphatic rings. The summed E-state index contributed by atoms with van der Waals surface area (Å²) < 4.78 is 4.55. The zero-order valence-electron chi connectivity index (χ0n) is 8.16. The van der Waals surface area contributed by atoms with E-state index in [2.05, 4.69) is 4.74 Å². The average Bonchev–Trinajstić information content (AvgIpc) is 2.18. The predicted molar refractivity (Wildman–Crippen MR) is 52.0 cm³/mol. The Balaban J connectivity index is 2.29. The number of halogens is 1. The lowest BCUT2D eigenvalue weighted by atomic mass is 9.98. The second-order valence-electron chi connectivity index (χ2n) is 3.43. The monoisotopic (exact) mass is 219 g/mol. The lowest BCUT2D eigenvalue weighted by Gasteiger charge is -2.28. The Bertz CT molecular complexity index is 224. The van der Waals surface area contributed by atoms with E-state index in [4.69, 9.17) is 11.6 Å². The third kappa shape index (κ3) is 3.27. The standard InChI is InChI=1S/C9H14ClNO3/c1-14-8(12)6-11-4-2-7(3-5-11)9(10)13/h7H,2-6H2,1H3. The molecule has 1 fully saturated rings. The fourth-order valence-electron chi connectivity index (χ4n) is 1.57. The van der Waals surface area contributed by atoms with Crippen molar-refractivity contribution in [2.24, 2.45) is 5.92 Å². The SMILES string of the molecule is COC(=O)CN1CCC(C(=O)Cl)CC1. The first-order valence-electron chi connectivity index (χ1n) is 4.62. The van der Waals surface area contributed by atoms with Gasteiger partial charge < -0.3 is 4.74 Å². The second kappa shape index (κ2) is 5.32. The molecule has 5 heteroatoms. The molecule has 0 bridgehead atoms. The van der Waals surface area contributed by atoms with Gasteiger partial charge in [0, 0.05) is 5.92 Å². The van der Waals surface area contributed by atoms with Crippen LogP contribution in [0.5, 0.6) is 0 Å². The van der Waals surface area contributed by atoms with Gasteiger partial charge in [-0.3, -0.25) is 14.5 Å². The van der Waals surface area contributed by atoms with E-state index < -0.39 is 0 Å². The maximum atomic E-state index is 10.9. The third-order valence-corrected chi connectivity index (χ3v) is 2.80. The number of carbonyl (C=O) groups excluding carboxylic acids is 2. The lowest BCUT2D eigenvalue weighted by Crippen LogP contribution is -2.38. The summed E-state index contributed by atoms with van der Waals surface area (Å²) in [5.74, 6) is -0.272. The average molecular weight is 220 g/mol. The molecule has 0 spiro atoms. The predicted octanol–water partition coefficient (Wildman–Crippen LogP) is 0.637. The smallest absolute Gasteiger partial charge is 0.319 e. The Morgan fingerprint density at radius 2 is 2.00 bits per heavy atom. The fraction of sp³-hybridized carbons (Fsp3) is 0.778. The second-order valence-corrected chi connectivity index (χ2v) is 3.80. The minimum atomic E-state index is -0.261. The Kier molecular flexibility index (Phi) is 4.35. The first-order valence-corrected chi connectivity index (χ1v) is 4.99. The summed E-state index contributed by atoms with van der Waals surface area (Å²) in [6.45, 7) is 1.77. The van der Waals surface area contributed by atoms with E-state index in [1.807, 2.05) is 4.90 Å². The summed E-state index contributed by atoms with van der Waals surface area (Å²) >= 11 is 5.39. The van der Waals surface area contributed by atoms with Crippen molar-refractivity contribution >= 4 is 22.8 Å². The van der Waals surface area contributed by atoms with Crippen molar-refractivity contribution in [2.75, 3.05) is 26.7 Å². The van der Waals surface area contributed by atoms with Crippen LogP contribution in [0.25, 0.3) is 0 Å². The quantitative estimate of drug-likeness (QED) is 0.516. The number of hydrogen-bond donors (Lipinski definition) is 0. The molecule has 0 saturated carbocycles. The molecule has 1 rings (SSSR count). The van der Waals surface area contributed by atoms with Crippen LogP contribution in [0.3, 0.4) is 0 Å². The molecule has 0 aromatic heterocycles. The summed E-state index contributed by atoms with van der Waals surface area (Å²) in [5.41, 5.74) is 0. The van der Waals surface area contributed by atoms with Crippen LogP contribution < -0.4 is 0 Å². The van der Waals surface area contributed by atoms with Crippen molar-refractivity contribution in [2.45, 2.75) is 12.8 Å². The van der Waals surface area contributed by atoms with Crippen molar-refractivity contribution in [3.05, 3.63) is 0 Å². The first kappa shape index (κ1) is 11.5. The molecular formula is C9H14ClNO3. The molecule has 0 unspecified atom stereocenters. The maximum absolute atomic E-state index is 10.9. The van der Waals surface area contributed by atoms with Gasteiger partial charge in [-0.25, -0.2) is 0 Å². The number of esters is 1. The molecule has 1 heterocycles. The van der Waals surface area contributed by atoms with Gasteiger partial charge >= 0.3 is 5.97 Å². The van der Waals surface area contributed by atoms with Crippen LogP contribution in [0.2, 0.25) is 0 Å². The molecule has 80 valence electrons. The molecule has 0 aromatic rings. The van der Waals surface area contributed by atoms with E-state index >= 15 is 0 Å². The molecule has 1 saturated heterocycles. The lowest BCUT2D eigenvalue weighted by molar-refractivity contribution is -0.142. The Morgan fingerprint density at radius 1 is 1.43 bits per heavy atom. The minimum absolute atomic E-state index is 0.0365. The zero-order valence-corrected chi connectivity index (χ0v) is 8.92. The van der Waals surface area contributed by atoms with Crippen molar-refractivity contribution in [1.82, 2.24) is 4.90 Å². The Labute approximate surface area is 88.2 Å². The van der Waals surface area contributed by atoms with Crippen molar-refractivity contribution in [3.63, 3.8) is 0 Å². The molecule has 0 radical (unpaired) electrons. The van der Waals surface area contributed by atoms with Crippen LogP contribution in [-0.4, -0.2) is 42.9 Å². The van der Waals surface area contributed by atoms with E-state index in [-0.39, 0.29) is 17.1 Å². The van der Waals surface area contributed by atoms with Gasteiger partial charge in [0.05, 0.1) is 13.7 Å². The van der Waals surface area contributed by atoms with Crippen LogP contribution in [-0.2, 0) is 14.3 Å². The van der Waals surface area contributed by atoms with Crippen LogP contribution in [0.15, 0.2) is 0 Å². The summed E-state index contributed by atoms with van der Waals surface area (Å²) in [7, 11) is 1.37. The molecule has 0 atom stereocenters. The fourth-order valence-corrected chi connectivity index (χ4v) is 1.78. The molecule has 0 N–H and O–H groups in total. The number of methoxy groups -OCH3 is 1. The highest BCUT2D eigenvalue weighted by atomic mass is 35.5. The third-order valence-electron chi connectivity index (χ3n) is 2.49. The number of ether oxygens (including phenoxy) is 1. The molecule has 0 aliphatic carbocycles. The van der Waals surface area contributed by atoms with Gasteiger partial charge in [-0.2, -0.15) is 0 Å². The zero-order chi connectivity index (χ0) is 10.6. The Hall–Kier alpha value is -0.610. The van der Waals surface area contributed by atoms with Gasteiger partial charge in [-0.1, -0.05) is 0 Å². The van der Waals surface area contributed by atoms with Crippen LogP contribution in [0.4, 0.5) is 0 Å². The highest BCUT2D eigenvalue weighted by Gasteiger charge is 2.24. The van der Waals surface area contributed by atoms with Gasteiger partial charge in [-0.15, -0.1) is 0 Å². The molecule has 14 heavy (non-hydrogen) atoms. The van der Waals surface area contributed by atoms with E-state index in [1.165, 1.54) is 7.11 Å². The maximum Gasteiger partial charge on any atom is 0.319 e. The van der Waals surface area contributed by atoms with Crippen LogP contribution in [0.1, 0.15) is 12.8 Å². The summed E-state index contributed by atoms with van der Waals surface area (Å²) in [6.07, 6.45) is 1.47. The molecule has 0 aromatic carbocycles. The highest BCUT2D eigenvalue weighted by molar-refractivity contribution is 6.63. The molecule has 1 aliphatic heterocycles. The van der Waals surface area contributed by atoms with Crippen molar-refractivity contribution in [3.8, 4) is 0 Å². The molecular weight excluding hydrogens is 206 g/mol. The number of carbonyl (C=O) groups is 2. The van der Waals surface area contributed by atoms with Gasteiger partial charge in [0.15, 0.2) is 0 Å². The van der Waals surface area contributed by atoms with E-state index in [1.54, 1.807) is 0 Å². The van der Waals surface area contributed by atoms with Gasteiger partial charge in [0.25, 0.3) is 0 Å². The van der Waals surface area contributed by atoms with Gasteiger partial charge in [0.2, 0.25) is 5.24 Å². The number of piperidine rings is 1. The van der Waals surface area contributed by atoms with Crippen molar-refractivity contribution < 1.29 is 14.3 Å². The highest BCUT2D eigenvalue weighted by Crippen LogP contribution is 2.19. The normalized spacial score (nSPS) is 19.3. The van der Waals surface area contributed by atoms with E-state index in [0.717, 1.165) is 25.9 Å². The van der Waals surface area contributed by atoms with Crippen LogP contribution >= 0.6 is 11.6 Å². The van der Waals surface area contributed by atoms with Gasteiger partial charge in [0.1, 0.15) is 0 Å². The van der Waals surface area contributed by atoms with E-state index in [0.29, 0.717) is 6.54 Å². The van der Waals surface area contributed by atoms with Crippen LogP contribution in [0, 0.1) is 5.92 Å². The largest absolute Gasteiger partial charge is 0.468 e. The molecule has 4 nitrogen and oxygen atoms in total. The topological polar surface area (TPSA) is 46.6 Å². The molecule has 0 amide bonds. The number of likely N-dealkylation sites (tertiary alicyclic amines) is 1. The Morgan fingerprint density at radius 3 is 2.43 bits per heavy atom. The number of rotatable bonds is 3. The number of nitrogens with zero attached hydrogens (tertiary/aromatic N) is 1. The minimum Gasteiger partial charge on any atom is -0.468 e. The summed E-state index contributed by atoms with van der Waals surface area (Å²) in [5, 5.41) is -0.261. The number of hydrogen-bond acceptors (Lipinski definition) is 4. The first-order chi connectivity index (χ1) is 6.63. The summed E-state index contributed by atoms with van der Waals surface area (Å²) in [6, 6.07) is 0. The van der Waals surface area contributed by atoms with Gasteiger partial charge in [-0.05, 0) is 37.5 Å². The summed E-state index contributed by atoms with van der Waals surface area (Å²) in [4.78, 5) is 23.8. The van der Waals surface area contributed by atoms with E-state index in [9.17, 15) is 9.59 Å².